The summed E-state index contributed by atoms with van der Waals surface area (Å²) in [5.41, 5.74) is 3.69. The van der Waals surface area contributed by atoms with Crippen molar-refractivity contribution in [1.82, 2.24) is 0 Å². The molecule has 0 spiro atoms. The van der Waals surface area contributed by atoms with Gasteiger partial charge >= 0.3 is 11.9 Å². The molecule has 35 heavy (non-hydrogen) atoms. The number of benzene rings is 3. The van der Waals surface area contributed by atoms with E-state index in [1.54, 1.807) is 30.3 Å². The van der Waals surface area contributed by atoms with Gasteiger partial charge in [-0.15, -0.1) is 0 Å². The minimum absolute atomic E-state index is 0.0997. The van der Waals surface area contributed by atoms with Crippen LogP contribution in [0.2, 0.25) is 0 Å². The van der Waals surface area contributed by atoms with Gasteiger partial charge in [-0.1, -0.05) is 63.2 Å². The van der Waals surface area contributed by atoms with E-state index in [0.717, 1.165) is 5.56 Å². The van der Waals surface area contributed by atoms with E-state index in [1.165, 1.54) is 14.2 Å². The number of phenols is 1. The molecule has 3 aromatic rings. The van der Waals surface area contributed by atoms with Gasteiger partial charge in [-0.3, -0.25) is 0 Å². The van der Waals surface area contributed by atoms with Crippen LogP contribution in [0.5, 0.6) is 5.75 Å². The van der Waals surface area contributed by atoms with E-state index >= 15 is 0 Å². The quantitative estimate of drug-likeness (QED) is 0.268. The molecule has 2 unspecified atom stereocenters. The molecule has 7 heteroatoms. The zero-order chi connectivity index (χ0) is 25.9. The Bertz CT molecular complexity index is 1250. The third-order valence-electron chi connectivity index (χ3n) is 5.90. The van der Waals surface area contributed by atoms with Crippen LogP contribution in [0.3, 0.4) is 0 Å². The van der Waals surface area contributed by atoms with Crippen LogP contribution in [0.4, 0.5) is 0 Å². The topological polar surface area (TPSA) is 72.8 Å². The Balaban J connectivity index is 2.23. The van der Waals surface area contributed by atoms with Gasteiger partial charge in [-0.05, 0) is 45.9 Å². The molecular formula is C28H30O5S2. The van der Waals surface area contributed by atoms with Crippen LogP contribution in [0.25, 0.3) is 0 Å². The predicted molar refractivity (Wildman–Crippen MR) is 144 cm³/mol. The molecule has 0 aromatic heterocycles. The number of carbonyl (C=O) groups excluding carboxylic acids is 2. The lowest BCUT2D eigenvalue weighted by Crippen LogP contribution is -2.15. The number of methoxy groups -OCH3 is 2. The Labute approximate surface area is 217 Å². The van der Waals surface area contributed by atoms with Gasteiger partial charge < -0.3 is 14.6 Å². The predicted octanol–water partition coefficient (Wildman–Crippen LogP) is 6.30. The van der Waals surface area contributed by atoms with Gasteiger partial charge in [-0.2, -0.15) is 25.3 Å². The minimum Gasteiger partial charge on any atom is -0.507 e. The largest absolute Gasteiger partial charge is 0.507 e. The maximum absolute atomic E-state index is 12.4. The smallest absolute Gasteiger partial charge is 0.338 e. The van der Waals surface area contributed by atoms with Crippen LogP contribution < -0.4 is 0 Å². The Morgan fingerprint density at radius 2 is 1.23 bits per heavy atom. The number of hydrogen-bond donors (Lipinski definition) is 3. The van der Waals surface area contributed by atoms with Crippen molar-refractivity contribution in [2.75, 3.05) is 14.2 Å². The third-order valence-corrected chi connectivity index (χ3v) is 7.03. The van der Waals surface area contributed by atoms with E-state index < -0.39 is 27.9 Å². The summed E-state index contributed by atoms with van der Waals surface area (Å²) in [6.45, 7) is 6.00. The average molecular weight is 511 g/mol. The first-order chi connectivity index (χ1) is 16.5. The van der Waals surface area contributed by atoms with E-state index in [9.17, 15) is 14.7 Å². The lowest BCUT2D eigenvalue weighted by atomic mass is 9.82. The fourth-order valence-corrected chi connectivity index (χ4v) is 4.82. The van der Waals surface area contributed by atoms with Gasteiger partial charge in [-0.25, -0.2) is 9.59 Å². The highest BCUT2D eigenvalue weighted by Crippen LogP contribution is 2.44. The second kappa shape index (κ2) is 10.8. The first-order valence-electron chi connectivity index (χ1n) is 11.1. The maximum Gasteiger partial charge on any atom is 0.338 e. The number of hydrogen-bond acceptors (Lipinski definition) is 7. The molecular weight excluding hydrogens is 480 g/mol. The van der Waals surface area contributed by atoms with E-state index in [4.69, 9.17) is 34.7 Å². The summed E-state index contributed by atoms with van der Waals surface area (Å²) in [7, 11) is 2.67. The second-order valence-corrected chi connectivity index (χ2v) is 10.3. The third kappa shape index (κ3) is 5.52. The van der Waals surface area contributed by atoms with Gasteiger partial charge in [0, 0.05) is 5.56 Å². The summed E-state index contributed by atoms with van der Waals surface area (Å²) in [6.07, 6.45) is 0. The molecule has 0 radical (unpaired) electrons. The summed E-state index contributed by atoms with van der Waals surface area (Å²) >= 11 is 9.70. The molecule has 0 fully saturated rings. The molecule has 0 aliphatic heterocycles. The Morgan fingerprint density at radius 3 is 1.69 bits per heavy atom. The standard InChI is InChI=1S/C28H30O5S2/c1-28(2,3)22-15-16(24(34)17-10-6-8-12-19(17)26(30)32-4)14-21(23(22)29)25(35)18-11-7-9-13-20(18)27(31)33-5/h6-15,24-25,29,34-35H,1-5H3. The van der Waals surface area contributed by atoms with E-state index in [0.29, 0.717) is 33.4 Å². The highest BCUT2D eigenvalue weighted by Gasteiger charge is 2.28. The van der Waals surface area contributed by atoms with Crippen LogP contribution in [-0.2, 0) is 14.9 Å². The number of esters is 2. The monoisotopic (exact) mass is 510 g/mol. The first kappa shape index (κ1) is 26.7. The van der Waals surface area contributed by atoms with Crippen LogP contribution in [0.1, 0.15) is 79.8 Å². The van der Waals surface area contributed by atoms with Crippen molar-refractivity contribution < 1.29 is 24.2 Å². The molecule has 0 aliphatic carbocycles. The normalized spacial score (nSPS) is 13.1. The number of rotatable bonds is 6. The lowest BCUT2D eigenvalue weighted by molar-refractivity contribution is 0.0590. The van der Waals surface area contributed by atoms with Gasteiger partial charge in [0.15, 0.2) is 0 Å². The number of carbonyl (C=O) groups is 2. The molecule has 1 N–H and O–H groups in total. The zero-order valence-electron chi connectivity index (χ0n) is 20.4. The highest BCUT2D eigenvalue weighted by molar-refractivity contribution is 7.81. The summed E-state index contributed by atoms with van der Waals surface area (Å²) in [5, 5.41) is 10.2. The molecule has 0 aliphatic rings. The molecule has 184 valence electrons. The zero-order valence-corrected chi connectivity index (χ0v) is 22.2. The fraction of sp³-hybridized carbons (Fsp3) is 0.286. The first-order valence-corrected chi connectivity index (χ1v) is 12.1. The van der Waals surface area contributed by atoms with Gasteiger partial charge in [0.2, 0.25) is 0 Å². The molecule has 0 amide bonds. The molecule has 3 rings (SSSR count). The number of phenolic OH excluding ortho intramolecular Hbond substituents is 1. The molecule has 0 heterocycles. The molecule has 0 bridgehead atoms. The van der Waals surface area contributed by atoms with Crippen molar-refractivity contribution in [2.24, 2.45) is 0 Å². The summed E-state index contributed by atoms with van der Waals surface area (Å²) in [6, 6.07) is 17.9. The van der Waals surface area contributed by atoms with E-state index in [-0.39, 0.29) is 5.75 Å². The Kier molecular flexibility index (Phi) is 8.23. The van der Waals surface area contributed by atoms with Crippen molar-refractivity contribution in [3.63, 3.8) is 0 Å². The highest BCUT2D eigenvalue weighted by atomic mass is 32.1. The van der Waals surface area contributed by atoms with Crippen LogP contribution in [-0.4, -0.2) is 31.3 Å². The van der Waals surface area contributed by atoms with Crippen LogP contribution in [0, 0.1) is 0 Å². The van der Waals surface area contributed by atoms with E-state index in [2.05, 4.69) is 0 Å². The summed E-state index contributed by atoms with van der Waals surface area (Å²) in [4.78, 5) is 24.8. The number of ether oxygens (including phenoxy) is 2. The van der Waals surface area contributed by atoms with Crippen LogP contribution in [0.15, 0.2) is 60.7 Å². The second-order valence-electron chi connectivity index (χ2n) is 9.22. The van der Waals surface area contributed by atoms with Gasteiger partial charge in [0.25, 0.3) is 0 Å². The molecule has 0 saturated heterocycles. The molecule has 5 nitrogen and oxygen atoms in total. The van der Waals surface area contributed by atoms with Gasteiger partial charge in [0.05, 0.1) is 35.8 Å². The molecule has 3 aromatic carbocycles. The van der Waals surface area contributed by atoms with Crippen molar-refractivity contribution in [1.29, 1.82) is 0 Å². The number of thiol groups is 2. The van der Waals surface area contributed by atoms with Gasteiger partial charge in [0.1, 0.15) is 5.75 Å². The Hall–Kier alpha value is -2.90. The van der Waals surface area contributed by atoms with Crippen LogP contribution >= 0.6 is 25.3 Å². The van der Waals surface area contributed by atoms with Crippen molar-refractivity contribution in [3.8, 4) is 5.75 Å². The van der Waals surface area contributed by atoms with Crippen molar-refractivity contribution >= 4 is 37.2 Å². The fourth-order valence-electron chi connectivity index (χ4n) is 4.03. The van der Waals surface area contributed by atoms with Crippen molar-refractivity contribution in [3.05, 3.63) is 99.6 Å². The van der Waals surface area contributed by atoms with Crippen molar-refractivity contribution in [2.45, 2.75) is 36.7 Å². The summed E-state index contributed by atoms with van der Waals surface area (Å²) < 4.78 is 9.90. The number of aromatic hydroxyl groups is 1. The lowest BCUT2D eigenvalue weighted by Gasteiger charge is -2.27. The molecule has 2 atom stereocenters. The van der Waals surface area contributed by atoms with E-state index in [1.807, 2.05) is 51.1 Å². The Morgan fingerprint density at radius 1 is 0.771 bits per heavy atom. The average Bonchev–Trinajstić information content (AvgIpc) is 2.86. The SMILES string of the molecule is COC(=O)c1ccccc1C(S)c1cc(C(S)c2ccccc2C(=O)OC)c(O)c(C(C)(C)C)c1. The molecule has 0 saturated carbocycles. The summed E-state index contributed by atoms with van der Waals surface area (Å²) in [5.74, 6) is -0.832. The maximum atomic E-state index is 12.4. The minimum atomic E-state index is -0.622.